The Hall–Kier alpha value is -2.40. The number of nitrogens with zero attached hydrogens (tertiary/aromatic N) is 1. The summed E-state index contributed by atoms with van der Waals surface area (Å²) in [5.41, 5.74) is 4.51. The lowest BCUT2D eigenvalue weighted by Crippen LogP contribution is -2.52. The van der Waals surface area contributed by atoms with E-state index in [0.717, 1.165) is 23.7 Å². The number of amides is 1. The Morgan fingerprint density at radius 2 is 1.82 bits per heavy atom. The van der Waals surface area contributed by atoms with Gasteiger partial charge in [0, 0.05) is 30.7 Å². The number of alkyl halides is 3. The van der Waals surface area contributed by atoms with Crippen LogP contribution in [0.1, 0.15) is 31.2 Å². The Kier molecular flexibility index (Phi) is 7.08. The second kappa shape index (κ2) is 9.84. The normalized spacial score (nSPS) is 24.5. The van der Waals surface area contributed by atoms with Crippen LogP contribution in [-0.4, -0.2) is 40.2 Å². The Balaban J connectivity index is 1.17. The van der Waals surface area contributed by atoms with E-state index in [1.165, 1.54) is 18.6 Å². The van der Waals surface area contributed by atoms with Crippen LogP contribution in [0.5, 0.6) is 0 Å². The number of carbonyl (C=O) groups excluding carboxylic acids is 1. The zero-order chi connectivity index (χ0) is 23.6. The van der Waals surface area contributed by atoms with E-state index in [1.54, 1.807) is 0 Å². The molecule has 0 radical (unpaired) electrons. The molecule has 1 saturated heterocycles. The summed E-state index contributed by atoms with van der Waals surface area (Å²) in [5, 5.41) is 6.90. The Morgan fingerprint density at radius 1 is 1.06 bits per heavy atom. The van der Waals surface area contributed by atoms with Gasteiger partial charge in [0.15, 0.2) is 10.2 Å². The highest BCUT2D eigenvalue weighted by Gasteiger charge is 2.37. The largest absolute Gasteiger partial charge is 0.416 e. The van der Waals surface area contributed by atoms with Gasteiger partial charge in [-0.2, -0.15) is 13.2 Å². The van der Waals surface area contributed by atoms with E-state index >= 15 is 0 Å². The van der Waals surface area contributed by atoms with Crippen molar-refractivity contribution in [2.45, 2.75) is 37.9 Å². The predicted molar refractivity (Wildman–Crippen MR) is 128 cm³/mol. The fourth-order valence-corrected chi connectivity index (χ4v) is 5.20. The van der Waals surface area contributed by atoms with Crippen LogP contribution in [-0.2, 0) is 11.0 Å². The number of allylic oxidation sites excluding steroid dienone is 1. The predicted octanol–water partition coefficient (Wildman–Crippen LogP) is 3.57. The average molecular weight is 498 g/mol. The smallest absolute Gasteiger partial charge is 0.359 e. The van der Waals surface area contributed by atoms with Crippen molar-refractivity contribution < 1.29 is 18.0 Å². The Bertz CT molecular complexity index is 946. The quantitative estimate of drug-likeness (QED) is 0.289. The molecule has 2 fully saturated rings. The Labute approximate surface area is 201 Å². The van der Waals surface area contributed by atoms with Crippen LogP contribution in [0, 0.1) is 17.8 Å². The monoisotopic (exact) mass is 497 g/mol. The lowest BCUT2D eigenvalue weighted by Gasteiger charge is -2.35. The molecular formula is C22H26F3N5OS2. The molecule has 4 rings (SSSR count). The number of hydrogen-bond donors (Lipinski definition) is 4. The van der Waals surface area contributed by atoms with E-state index in [0.29, 0.717) is 43.8 Å². The summed E-state index contributed by atoms with van der Waals surface area (Å²) in [7, 11) is 0. The van der Waals surface area contributed by atoms with Crippen LogP contribution < -0.4 is 21.5 Å². The van der Waals surface area contributed by atoms with Crippen molar-refractivity contribution >= 4 is 46.3 Å². The number of rotatable bonds is 3. The molecule has 0 aromatic heterocycles. The second-order valence-electron chi connectivity index (χ2n) is 8.74. The summed E-state index contributed by atoms with van der Waals surface area (Å²) in [6.07, 6.45) is 3.77. The van der Waals surface area contributed by atoms with Gasteiger partial charge in [-0.25, -0.2) is 0 Å². The van der Waals surface area contributed by atoms with Crippen molar-refractivity contribution in [2.75, 3.05) is 18.4 Å². The molecule has 4 N–H and O–H groups in total. The van der Waals surface area contributed by atoms with E-state index in [4.69, 9.17) is 24.4 Å². The zero-order valence-electron chi connectivity index (χ0n) is 17.8. The molecule has 3 atom stereocenters. The van der Waals surface area contributed by atoms with Gasteiger partial charge in [-0.3, -0.25) is 15.6 Å². The molecule has 2 aliphatic carbocycles. The van der Waals surface area contributed by atoms with E-state index in [-0.39, 0.29) is 22.6 Å². The number of thiocarbonyl (C=S) groups is 2. The minimum atomic E-state index is -4.44. The summed E-state index contributed by atoms with van der Waals surface area (Å²) < 4.78 is 38.5. The molecule has 178 valence electrons. The van der Waals surface area contributed by atoms with Gasteiger partial charge in [0.2, 0.25) is 5.91 Å². The fourth-order valence-electron chi connectivity index (χ4n) is 4.70. The van der Waals surface area contributed by atoms with E-state index in [9.17, 15) is 18.0 Å². The van der Waals surface area contributed by atoms with Crippen molar-refractivity contribution in [3.8, 4) is 0 Å². The highest BCUT2D eigenvalue weighted by Crippen LogP contribution is 2.39. The van der Waals surface area contributed by atoms with Gasteiger partial charge in [-0.05, 0) is 80.2 Å². The van der Waals surface area contributed by atoms with Gasteiger partial charge in [-0.15, -0.1) is 0 Å². The maximum absolute atomic E-state index is 12.8. The van der Waals surface area contributed by atoms with Gasteiger partial charge >= 0.3 is 6.18 Å². The molecule has 33 heavy (non-hydrogen) atoms. The third-order valence-electron chi connectivity index (χ3n) is 6.49. The van der Waals surface area contributed by atoms with Crippen molar-refractivity contribution in [3.05, 3.63) is 42.0 Å². The molecule has 1 aromatic rings. The van der Waals surface area contributed by atoms with Crippen molar-refractivity contribution in [1.82, 2.24) is 21.1 Å². The first-order chi connectivity index (χ1) is 15.7. The number of anilines is 1. The van der Waals surface area contributed by atoms with E-state index in [1.807, 2.05) is 0 Å². The van der Waals surface area contributed by atoms with Crippen LogP contribution in [0.3, 0.4) is 0 Å². The number of carbonyl (C=O) groups is 1. The lowest BCUT2D eigenvalue weighted by atomic mass is 9.96. The van der Waals surface area contributed by atoms with Gasteiger partial charge in [-0.1, -0.05) is 18.2 Å². The molecule has 6 nitrogen and oxygen atoms in total. The minimum absolute atomic E-state index is 0.00500. The number of piperidine rings is 1. The number of benzene rings is 1. The molecule has 0 spiro atoms. The highest BCUT2D eigenvalue weighted by atomic mass is 32.1. The van der Waals surface area contributed by atoms with Gasteiger partial charge < -0.3 is 15.5 Å². The third-order valence-corrected chi connectivity index (χ3v) is 7.07. The first-order valence-corrected chi connectivity index (χ1v) is 11.8. The third kappa shape index (κ3) is 5.94. The molecule has 3 unspecified atom stereocenters. The fraction of sp³-hybridized carbons (Fsp3) is 0.500. The highest BCUT2D eigenvalue weighted by molar-refractivity contribution is 7.80. The number of halogens is 3. The standard InChI is InChI=1S/C22H26F3N5OS2/c23-22(24,25)16-2-1-3-17(12-16)26-20(32)29-28-19(31)14-6-8-30(9-7-14)21(33)27-18-11-13-4-5-15(18)10-13/h1-5,12-15,18H,6-11H2,(H,27,33)(H,28,31)(H2,26,29,32). The lowest BCUT2D eigenvalue weighted by molar-refractivity contribution is -0.137. The van der Waals surface area contributed by atoms with Crippen LogP contribution in [0.25, 0.3) is 0 Å². The van der Waals surface area contributed by atoms with Crippen molar-refractivity contribution in [3.63, 3.8) is 0 Å². The van der Waals surface area contributed by atoms with Crippen molar-refractivity contribution in [1.29, 1.82) is 0 Å². The molecule has 1 amide bonds. The number of hydrogen-bond acceptors (Lipinski definition) is 3. The summed E-state index contributed by atoms with van der Waals surface area (Å²) in [6.45, 7) is 1.38. The molecule has 2 bridgehead atoms. The summed E-state index contributed by atoms with van der Waals surface area (Å²) >= 11 is 10.7. The Morgan fingerprint density at radius 3 is 2.45 bits per heavy atom. The maximum Gasteiger partial charge on any atom is 0.416 e. The number of hydrazine groups is 1. The summed E-state index contributed by atoms with van der Waals surface area (Å²) in [5.74, 6) is 0.834. The van der Waals surface area contributed by atoms with Crippen LogP contribution in [0.2, 0.25) is 0 Å². The van der Waals surface area contributed by atoms with E-state index in [2.05, 4.69) is 38.5 Å². The summed E-state index contributed by atoms with van der Waals surface area (Å²) in [6, 6.07) is 5.09. The van der Waals surface area contributed by atoms with Gasteiger partial charge in [0.05, 0.1) is 5.56 Å². The van der Waals surface area contributed by atoms with Crippen molar-refractivity contribution in [2.24, 2.45) is 17.8 Å². The molecule has 1 aromatic carbocycles. The topological polar surface area (TPSA) is 68.4 Å². The first-order valence-electron chi connectivity index (χ1n) is 11.0. The second-order valence-corrected chi connectivity index (χ2v) is 9.54. The molecular weight excluding hydrogens is 471 g/mol. The molecule has 1 heterocycles. The minimum Gasteiger partial charge on any atom is -0.359 e. The molecule has 3 aliphatic rings. The zero-order valence-corrected chi connectivity index (χ0v) is 19.5. The molecule has 11 heteroatoms. The first kappa shape index (κ1) is 23.7. The molecule has 1 aliphatic heterocycles. The van der Waals surface area contributed by atoms with E-state index < -0.39 is 11.7 Å². The van der Waals surface area contributed by atoms with Gasteiger partial charge in [0.1, 0.15) is 0 Å². The van der Waals surface area contributed by atoms with Crippen LogP contribution >= 0.6 is 24.4 Å². The molecule has 1 saturated carbocycles. The number of likely N-dealkylation sites (tertiary alicyclic amines) is 1. The SMILES string of the molecule is O=C(NNC(=S)Nc1cccc(C(F)(F)F)c1)C1CCN(C(=S)NC2CC3C=CC2C3)CC1. The van der Waals surface area contributed by atoms with Gasteiger partial charge in [0.25, 0.3) is 0 Å². The number of nitrogens with one attached hydrogen (secondary N) is 4. The summed E-state index contributed by atoms with van der Waals surface area (Å²) in [4.78, 5) is 14.6. The average Bonchev–Trinajstić information content (AvgIpc) is 3.40. The van der Waals surface area contributed by atoms with Crippen LogP contribution in [0.15, 0.2) is 36.4 Å². The number of fused-ring (bicyclic) bond motifs is 2. The van der Waals surface area contributed by atoms with Crippen LogP contribution in [0.4, 0.5) is 18.9 Å². The maximum atomic E-state index is 12.8.